The molecule has 0 radical (unpaired) electrons. The summed E-state index contributed by atoms with van der Waals surface area (Å²) in [5.74, 6) is -6.27. The molecule has 1 aromatic carbocycles. The molecule has 0 saturated carbocycles. The van der Waals surface area contributed by atoms with Gasteiger partial charge in [-0.2, -0.15) is 17.5 Å². The fourth-order valence-electron chi connectivity index (χ4n) is 2.42. The molecule has 180 valence electrons. The second kappa shape index (κ2) is 13.0. The fourth-order valence-corrected chi connectivity index (χ4v) is 2.67. The Morgan fingerprint density at radius 2 is 1.76 bits per heavy atom. The summed E-state index contributed by atoms with van der Waals surface area (Å²) < 4.78 is 4.88. The van der Waals surface area contributed by atoms with Crippen LogP contribution in [-0.2, 0) is 30.5 Å². The topological polar surface area (TPSA) is 219 Å². The maximum absolute atomic E-state index is 12.8. The molecule has 0 aliphatic carbocycles. The number of benzene rings is 1. The number of thiol groups is 1. The number of carboxylic acids is 2. The molecule has 3 unspecified atom stereocenters. The molecule has 5 N–H and O–H groups in total. The second-order valence-electron chi connectivity index (χ2n) is 6.53. The number of carboxylic acid groups (broad SMARTS) is 2. The van der Waals surface area contributed by atoms with E-state index >= 15 is 0 Å². The lowest BCUT2D eigenvalue weighted by atomic mass is 10.1. The summed E-state index contributed by atoms with van der Waals surface area (Å²) >= 11 is 3.86. The number of nitrogens with zero attached hydrogens (tertiary/aromatic N) is 2. The first kappa shape index (κ1) is 27.3. The van der Waals surface area contributed by atoms with E-state index < -0.39 is 71.8 Å². The van der Waals surface area contributed by atoms with E-state index in [0.717, 1.165) is 0 Å². The van der Waals surface area contributed by atoms with E-state index in [9.17, 15) is 39.2 Å². The second-order valence-corrected chi connectivity index (χ2v) is 6.90. The average molecular weight is 486 g/mol. The molecule has 1 rings (SSSR count). The van der Waals surface area contributed by atoms with Gasteiger partial charge in [0.1, 0.15) is 18.7 Å². The minimum absolute atomic E-state index is 0.227. The van der Waals surface area contributed by atoms with Crippen molar-refractivity contribution >= 4 is 42.5 Å². The summed E-state index contributed by atoms with van der Waals surface area (Å²) in [7, 11) is 0. The first-order valence-electron chi connectivity index (χ1n) is 9.28. The minimum Gasteiger partial charge on any atom is -0.480 e. The van der Waals surface area contributed by atoms with Crippen LogP contribution in [0.4, 0.5) is 4.79 Å². The van der Waals surface area contributed by atoms with Crippen LogP contribution < -0.4 is 11.1 Å². The Morgan fingerprint density at radius 3 is 2.24 bits per heavy atom. The lowest BCUT2D eigenvalue weighted by Crippen LogP contribution is -2.59. The van der Waals surface area contributed by atoms with E-state index in [1.807, 2.05) is 0 Å². The lowest BCUT2D eigenvalue weighted by Gasteiger charge is -2.25. The molecule has 0 spiro atoms. The van der Waals surface area contributed by atoms with Crippen molar-refractivity contribution in [3.8, 4) is 0 Å². The normalized spacial score (nSPS) is 13.2. The van der Waals surface area contributed by atoms with Crippen LogP contribution in [0.2, 0.25) is 0 Å². The Morgan fingerprint density at radius 1 is 1.15 bits per heavy atom. The Hall–Kier alpha value is -3.72. The number of nitrogens with two attached hydrogens (primary N) is 1. The van der Waals surface area contributed by atoms with Gasteiger partial charge >= 0.3 is 24.2 Å². The monoisotopic (exact) mass is 486 g/mol. The molecule has 3 amide bonds. The van der Waals surface area contributed by atoms with Gasteiger partial charge in [-0.05, 0) is 12.0 Å². The highest BCUT2D eigenvalue weighted by molar-refractivity contribution is 7.80. The maximum atomic E-state index is 12.8. The summed E-state index contributed by atoms with van der Waals surface area (Å²) in [6.07, 6.45) is -5.17. The third kappa shape index (κ3) is 8.38. The van der Waals surface area contributed by atoms with Crippen LogP contribution in [0.5, 0.6) is 0 Å². The number of amides is 3. The molecule has 14 nitrogen and oxygen atoms in total. The van der Waals surface area contributed by atoms with Gasteiger partial charge in [-0.25, -0.2) is 9.59 Å². The van der Waals surface area contributed by atoms with Gasteiger partial charge in [0.15, 0.2) is 0 Å². The number of hydrogen-bond donors (Lipinski definition) is 5. The van der Waals surface area contributed by atoms with Crippen LogP contribution in [0.1, 0.15) is 18.4 Å². The number of aliphatic carboxylic acids is 2. The van der Waals surface area contributed by atoms with Crippen molar-refractivity contribution in [2.45, 2.75) is 37.7 Å². The zero-order valence-corrected chi connectivity index (χ0v) is 17.9. The molecular formula is C18H22N4O10S. The molecule has 3 atom stereocenters. The maximum Gasteiger partial charge on any atom is 0.422 e. The Balaban J connectivity index is 3.05. The summed E-state index contributed by atoms with van der Waals surface area (Å²) in [4.78, 5) is 69.2. The molecular weight excluding hydrogens is 464 g/mol. The summed E-state index contributed by atoms with van der Waals surface area (Å²) in [5, 5.41) is 31.4. The van der Waals surface area contributed by atoms with Gasteiger partial charge in [-0.15, -0.1) is 0 Å². The first-order chi connectivity index (χ1) is 15.5. The van der Waals surface area contributed by atoms with Crippen molar-refractivity contribution in [3.63, 3.8) is 0 Å². The number of carbonyl (C=O) groups is 5. The van der Waals surface area contributed by atoms with Gasteiger partial charge in [0.05, 0.1) is 4.92 Å². The number of imide groups is 1. The van der Waals surface area contributed by atoms with E-state index in [1.165, 1.54) is 0 Å². The molecule has 1 aromatic rings. The molecule has 0 aliphatic rings. The predicted octanol–water partition coefficient (Wildman–Crippen LogP) is -0.554. The van der Waals surface area contributed by atoms with Gasteiger partial charge in [0.2, 0.25) is 5.91 Å². The van der Waals surface area contributed by atoms with Gasteiger partial charge < -0.3 is 26.0 Å². The van der Waals surface area contributed by atoms with Crippen molar-refractivity contribution in [3.05, 3.63) is 46.0 Å². The first-order valence-corrected chi connectivity index (χ1v) is 9.91. The quantitative estimate of drug-likeness (QED) is 0.109. The SMILES string of the molecule is NC(CCC(=O)NC(CS)C(=O)N(C(=O)OCc1ccccc1)C(C(=O)O)[N+](=O)[O-])C(=O)O. The zero-order valence-electron chi connectivity index (χ0n) is 17.0. The predicted molar refractivity (Wildman–Crippen MR) is 113 cm³/mol. The third-order valence-corrected chi connectivity index (χ3v) is 4.49. The molecule has 0 fully saturated rings. The summed E-state index contributed by atoms with van der Waals surface area (Å²) in [6, 6.07) is 5.01. The largest absolute Gasteiger partial charge is 0.480 e. The van der Waals surface area contributed by atoms with E-state index in [1.54, 1.807) is 30.3 Å². The van der Waals surface area contributed by atoms with E-state index in [-0.39, 0.29) is 11.3 Å². The Kier molecular flexibility index (Phi) is 10.7. The molecule has 0 bridgehead atoms. The minimum atomic E-state index is -2.83. The average Bonchev–Trinajstić information content (AvgIpc) is 2.77. The third-order valence-electron chi connectivity index (χ3n) is 4.12. The molecule has 33 heavy (non-hydrogen) atoms. The highest BCUT2D eigenvalue weighted by atomic mass is 32.1. The van der Waals surface area contributed by atoms with Gasteiger partial charge in [0, 0.05) is 12.2 Å². The van der Waals surface area contributed by atoms with Crippen LogP contribution >= 0.6 is 12.6 Å². The van der Waals surface area contributed by atoms with Crippen molar-refractivity contribution in [2.75, 3.05) is 5.75 Å². The van der Waals surface area contributed by atoms with Crippen LogP contribution in [-0.4, -0.2) is 73.9 Å². The van der Waals surface area contributed by atoms with Crippen molar-refractivity contribution in [1.82, 2.24) is 10.2 Å². The Bertz CT molecular complexity index is 883. The highest BCUT2D eigenvalue weighted by Crippen LogP contribution is 2.11. The molecule has 15 heteroatoms. The van der Waals surface area contributed by atoms with Crippen LogP contribution in [0.25, 0.3) is 0 Å². The summed E-state index contributed by atoms with van der Waals surface area (Å²) in [6.45, 7) is -0.418. The van der Waals surface area contributed by atoms with Crippen LogP contribution in [0.15, 0.2) is 30.3 Å². The lowest BCUT2D eigenvalue weighted by molar-refractivity contribution is -0.529. The van der Waals surface area contributed by atoms with Crippen molar-refractivity contribution in [2.24, 2.45) is 5.73 Å². The van der Waals surface area contributed by atoms with Gasteiger partial charge in [-0.3, -0.25) is 24.5 Å². The molecule has 0 aromatic heterocycles. The molecule has 0 saturated heterocycles. The Labute approximate surface area is 192 Å². The number of hydrogen-bond acceptors (Lipinski definition) is 10. The van der Waals surface area contributed by atoms with Gasteiger partial charge in [0.25, 0.3) is 5.91 Å². The zero-order chi connectivity index (χ0) is 25.1. The number of carbonyl (C=O) groups excluding carboxylic acids is 3. The van der Waals surface area contributed by atoms with E-state index in [4.69, 9.17) is 15.6 Å². The number of nitrogens with one attached hydrogen (secondary N) is 1. The number of rotatable bonds is 12. The summed E-state index contributed by atoms with van der Waals surface area (Å²) in [5.41, 5.74) is 5.75. The van der Waals surface area contributed by atoms with Gasteiger partial charge in [-0.1, -0.05) is 30.3 Å². The standard InChI is InChI=1S/C18H22N4O10S/c19-11(16(25)26)6-7-13(23)20-12(9-33)15(24)21(14(17(27)28)22(30)31)18(29)32-8-10-4-2-1-3-5-10/h1-5,11-12,14,33H,6-9,19H2,(H,20,23)(H,25,26)(H,27,28). The fraction of sp³-hybridized carbons (Fsp3) is 0.389. The van der Waals surface area contributed by atoms with Crippen molar-refractivity contribution < 1.29 is 43.8 Å². The van der Waals surface area contributed by atoms with Crippen molar-refractivity contribution in [1.29, 1.82) is 0 Å². The molecule has 0 heterocycles. The van der Waals surface area contributed by atoms with E-state index in [2.05, 4.69) is 17.9 Å². The smallest absolute Gasteiger partial charge is 0.422 e. The molecule has 0 aliphatic heterocycles. The number of ether oxygens (including phenoxy) is 1. The van der Waals surface area contributed by atoms with Crippen LogP contribution in [0, 0.1) is 10.1 Å². The highest BCUT2D eigenvalue weighted by Gasteiger charge is 2.47. The van der Waals surface area contributed by atoms with E-state index in [0.29, 0.717) is 5.56 Å². The number of nitro groups is 1. The van der Waals surface area contributed by atoms with Crippen LogP contribution in [0.3, 0.4) is 0 Å².